The van der Waals surface area contributed by atoms with Crippen LogP contribution in [-0.2, 0) is 9.59 Å². The van der Waals surface area contributed by atoms with E-state index in [-0.39, 0.29) is 24.3 Å². The highest BCUT2D eigenvalue weighted by atomic mass is 16.4. The van der Waals surface area contributed by atoms with Gasteiger partial charge in [0.25, 0.3) is 0 Å². The molecule has 20 heavy (non-hydrogen) atoms. The zero-order valence-electron chi connectivity index (χ0n) is 11.1. The summed E-state index contributed by atoms with van der Waals surface area (Å²) >= 11 is 0. The number of aliphatic carboxylic acids is 1. The Morgan fingerprint density at radius 1 is 1.35 bits per heavy atom. The van der Waals surface area contributed by atoms with Crippen LogP contribution in [-0.4, -0.2) is 29.6 Å². The molecule has 0 bridgehead atoms. The number of para-hydroxylation sites is 1. The molecule has 1 amide bonds. The highest BCUT2D eigenvalue weighted by molar-refractivity contribution is 5.88. The lowest BCUT2D eigenvalue weighted by atomic mass is 9.99. The van der Waals surface area contributed by atoms with E-state index >= 15 is 0 Å². The quantitative estimate of drug-likeness (QED) is 0.761. The van der Waals surface area contributed by atoms with E-state index in [1.165, 1.54) is 0 Å². The van der Waals surface area contributed by atoms with E-state index in [1.807, 2.05) is 24.3 Å². The van der Waals surface area contributed by atoms with Gasteiger partial charge < -0.3 is 15.7 Å². The number of amides is 1. The number of nitrogens with one attached hydrogen (secondary N) is 2. The smallest absolute Gasteiger partial charge is 0.305 e. The van der Waals surface area contributed by atoms with Crippen LogP contribution in [0.25, 0.3) is 0 Å². The van der Waals surface area contributed by atoms with Gasteiger partial charge in [0.15, 0.2) is 0 Å². The molecule has 1 aliphatic carbocycles. The number of anilines is 1. The zero-order valence-corrected chi connectivity index (χ0v) is 11.1. The second-order valence-electron chi connectivity index (χ2n) is 5.57. The summed E-state index contributed by atoms with van der Waals surface area (Å²) < 4.78 is 0. The number of rotatable bonds is 5. The van der Waals surface area contributed by atoms with Gasteiger partial charge in [-0.1, -0.05) is 18.2 Å². The first-order valence-corrected chi connectivity index (χ1v) is 7.00. The Morgan fingerprint density at radius 2 is 2.10 bits per heavy atom. The second kappa shape index (κ2) is 5.15. The Bertz CT molecular complexity index is 540. The number of carbonyl (C=O) groups is 2. The Hall–Kier alpha value is -2.04. The first-order chi connectivity index (χ1) is 9.65. The molecule has 3 N–H and O–H groups in total. The summed E-state index contributed by atoms with van der Waals surface area (Å²) in [6.07, 6.45) is 2.04. The van der Waals surface area contributed by atoms with Gasteiger partial charge in [0.2, 0.25) is 5.91 Å². The van der Waals surface area contributed by atoms with Crippen LogP contribution in [0.3, 0.4) is 0 Å². The fourth-order valence-corrected chi connectivity index (χ4v) is 2.82. The van der Waals surface area contributed by atoms with Crippen LogP contribution in [0.4, 0.5) is 5.69 Å². The van der Waals surface area contributed by atoms with E-state index < -0.39 is 5.97 Å². The molecule has 5 heteroatoms. The molecule has 0 saturated heterocycles. The van der Waals surface area contributed by atoms with E-state index in [4.69, 9.17) is 5.11 Å². The molecule has 0 aromatic heterocycles. The number of carbonyl (C=O) groups excluding carboxylic acids is 1. The number of benzene rings is 1. The maximum atomic E-state index is 12.4. The SMILES string of the molecule is O=C(O)CC(NC(=O)C1CNc2ccccc21)C1CC1. The van der Waals surface area contributed by atoms with E-state index in [0.29, 0.717) is 12.5 Å². The molecule has 3 rings (SSSR count). The minimum absolute atomic E-state index is 0.0121. The van der Waals surface area contributed by atoms with Gasteiger partial charge in [0.1, 0.15) is 0 Å². The van der Waals surface area contributed by atoms with Crippen molar-refractivity contribution in [3.8, 4) is 0 Å². The van der Waals surface area contributed by atoms with Gasteiger partial charge in [0, 0.05) is 18.3 Å². The fourth-order valence-electron chi connectivity index (χ4n) is 2.82. The predicted octanol–water partition coefficient (Wildman–Crippen LogP) is 1.57. The van der Waals surface area contributed by atoms with Crippen LogP contribution in [0.1, 0.15) is 30.7 Å². The van der Waals surface area contributed by atoms with Crippen molar-refractivity contribution < 1.29 is 14.7 Å². The molecule has 1 fully saturated rings. The monoisotopic (exact) mass is 274 g/mol. The van der Waals surface area contributed by atoms with Crippen LogP contribution in [0.5, 0.6) is 0 Å². The Labute approximate surface area is 117 Å². The topological polar surface area (TPSA) is 78.4 Å². The minimum Gasteiger partial charge on any atom is -0.481 e. The molecule has 2 atom stereocenters. The molecular weight excluding hydrogens is 256 g/mol. The van der Waals surface area contributed by atoms with Gasteiger partial charge in [0.05, 0.1) is 12.3 Å². The van der Waals surface area contributed by atoms with Gasteiger partial charge in [-0.15, -0.1) is 0 Å². The summed E-state index contributed by atoms with van der Waals surface area (Å²) in [5.41, 5.74) is 1.99. The first kappa shape index (κ1) is 13.0. The van der Waals surface area contributed by atoms with Crippen LogP contribution in [0.15, 0.2) is 24.3 Å². The van der Waals surface area contributed by atoms with E-state index in [9.17, 15) is 9.59 Å². The van der Waals surface area contributed by atoms with E-state index in [1.54, 1.807) is 0 Å². The van der Waals surface area contributed by atoms with Crippen molar-refractivity contribution >= 4 is 17.6 Å². The molecule has 1 aromatic carbocycles. The van der Waals surface area contributed by atoms with Crippen molar-refractivity contribution in [3.63, 3.8) is 0 Å². The van der Waals surface area contributed by atoms with Crippen molar-refractivity contribution in [1.29, 1.82) is 0 Å². The number of carboxylic acids is 1. The summed E-state index contributed by atoms with van der Waals surface area (Å²) in [4.78, 5) is 23.3. The van der Waals surface area contributed by atoms with Crippen LogP contribution >= 0.6 is 0 Å². The highest BCUT2D eigenvalue weighted by Gasteiger charge is 2.36. The third-order valence-electron chi connectivity index (χ3n) is 4.06. The summed E-state index contributed by atoms with van der Waals surface area (Å²) in [6, 6.07) is 7.53. The van der Waals surface area contributed by atoms with Crippen molar-refractivity contribution in [2.75, 3.05) is 11.9 Å². The molecule has 2 aliphatic rings. The maximum Gasteiger partial charge on any atom is 0.305 e. The summed E-state index contributed by atoms with van der Waals surface area (Å²) in [7, 11) is 0. The fraction of sp³-hybridized carbons (Fsp3) is 0.467. The molecular formula is C15H18N2O3. The molecule has 1 saturated carbocycles. The number of hydrogen-bond donors (Lipinski definition) is 3. The number of fused-ring (bicyclic) bond motifs is 1. The van der Waals surface area contributed by atoms with Crippen molar-refractivity contribution in [1.82, 2.24) is 5.32 Å². The van der Waals surface area contributed by atoms with Gasteiger partial charge >= 0.3 is 5.97 Å². The second-order valence-corrected chi connectivity index (χ2v) is 5.57. The normalized spacial score (nSPS) is 21.7. The van der Waals surface area contributed by atoms with Gasteiger partial charge in [-0.05, 0) is 30.4 Å². The maximum absolute atomic E-state index is 12.4. The Balaban J connectivity index is 1.68. The largest absolute Gasteiger partial charge is 0.481 e. The van der Waals surface area contributed by atoms with Crippen LogP contribution in [0.2, 0.25) is 0 Å². The van der Waals surface area contributed by atoms with Crippen molar-refractivity contribution in [3.05, 3.63) is 29.8 Å². The third kappa shape index (κ3) is 2.61. The molecule has 1 aliphatic heterocycles. The zero-order chi connectivity index (χ0) is 14.1. The number of carboxylic acid groups (broad SMARTS) is 1. The van der Waals surface area contributed by atoms with E-state index in [2.05, 4.69) is 10.6 Å². The van der Waals surface area contributed by atoms with Gasteiger partial charge in [-0.3, -0.25) is 9.59 Å². The molecule has 5 nitrogen and oxygen atoms in total. The van der Waals surface area contributed by atoms with Crippen LogP contribution in [0, 0.1) is 5.92 Å². The minimum atomic E-state index is -0.854. The molecule has 1 heterocycles. The molecule has 0 spiro atoms. The Kier molecular flexibility index (Phi) is 3.34. The van der Waals surface area contributed by atoms with Crippen LogP contribution < -0.4 is 10.6 Å². The Morgan fingerprint density at radius 3 is 2.80 bits per heavy atom. The molecule has 106 valence electrons. The molecule has 1 aromatic rings. The average molecular weight is 274 g/mol. The average Bonchev–Trinajstić information content (AvgIpc) is 3.16. The lowest BCUT2D eigenvalue weighted by molar-refractivity contribution is -0.137. The molecule has 2 unspecified atom stereocenters. The highest BCUT2D eigenvalue weighted by Crippen LogP contribution is 2.35. The lowest BCUT2D eigenvalue weighted by Crippen LogP contribution is -2.41. The summed E-state index contributed by atoms with van der Waals surface area (Å²) in [5.74, 6) is -0.811. The van der Waals surface area contributed by atoms with Crippen molar-refractivity contribution in [2.24, 2.45) is 5.92 Å². The van der Waals surface area contributed by atoms with Gasteiger partial charge in [-0.25, -0.2) is 0 Å². The lowest BCUT2D eigenvalue weighted by Gasteiger charge is -2.19. The first-order valence-electron chi connectivity index (χ1n) is 7.00. The third-order valence-corrected chi connectivity index (χ3v) is 4.06. The standard InChI is InChI=1S/C15H18N2O3/c18-14(19)7-13(9-5-6-9)17-15(20)11-8-16-12-4-2-1-3-10(11)12/h1-4,9,11,13,16H,5-8H2,(H,17,20)(H,18,19). The summed E-state index contributed by atoms with van der Waals surface area (Å²) in [6.45, 7) is 0.579. The molecule has 0 radical (unpaired) electrons. The van der Waals surface area contributed by atoms with Crippen molar-refractivity contribution in [2.45, 2.75) is 31.2 Å². The van der Waals surface area contributed by atoms with Gasteiger partial charge in [-0.2, -0.15) is 0 Å². The predicted molar refractivity (Wildman–Crippen MR) is 74.6 cm³/mol. The number of hydrogen-bond acceptors (Lipinski definition) is 3. The van der Waals surface area contributed by atoms with E-state index in [0.717, 1.165) is 24.1 Å². The summed E-state index contributed by atoms with van der Waals surface area (Å²) in [5, 5.41) is 15.1.